The second-order valence-corrected chi connectivity index (χ2v) is 5.84. The summed E-state index contributed by atoms with van der Waals surface area (Å²) in [6, 6.07) is 7.28. The minimum Gasteiger partial charge on any atom is -0.495 e. The zero-order valence-corrected chi connectivity index (χ0v) is 14.3. The number of carbonyl (C=O) groups excluding carboxylic acids is 1. The number of methoxy groups -OCH3 is 1. The van der Waals surface area contributed by atoms with Crippen molar-refractivity contribution in [2.24, 2.45) is 0 Å². The molecule has 0 atom stereocenters. The number of hydrogen-bond acceptors (Lipinski definition) is 3. The van der Waals surface area contributed by atoms with Gasteiger partial charge in [-0.1, -0.05) is 15.9 Å². The van der Waals surface area contributed by atoms with Gasteiger partial charge in [0.05, 0.1) is 23.5 Å². The van der Waals surface area contributed by atoms with Gasteiger partial charge in [-0.2, -0.15) is 0 Å². The lowest BCUT2D eigenvalue weighted by atomic mass is 10.2. The molecule has 0 fully saturated rings. The van der Waals surface area contributed by atoms with Gasteiger partial charge in [0.1, 0.15) is 5.75 Å². The van der Waals surface area contributed by atoms with Crippen LogP contribution in [0.5, 0.6) is 5.75 Å². The van der Waals surface area contributed by atoms with Crippen molar-refractivity contribution >= 4 is 49.5 Å². The molecule has 0 bridgehead atoms. The Hall–Kier alpha value is -1.66. The normalized spacial score (nSPS) is 10.6. The molecule has 108 valence electrons. The Kier molecular flexibility index (Phi) is 5.52. The SMILES string of the molecule is COc1c(Br)cc(Br)cc1/C=C/C(=O)Nc1cccnc1. The number of amides is 1. The van der Waals surface area contributed by atoms with E-state index in [1.165, 1.54) is 6.08 Å². The van der Waals surface area contributed by atoms with Crippen molar-refractivity contribution in [3.05, 3.63) is 57.2 Å². The number of rotatable bonds is 4. The average Bonchev–Trinajstić information content (AvgIpc) is 2.45. The lowest BCUT2D eigenvalue weighted by molar-refractivity contribution is -0.111. The van der Waals surface area contributed by atoms with Crippen molar-refractivity contribution in [3.63, 3.8) is 0 Å². The first kappa shape index (κ1) is 15.7. The Morgan fingerprint density at radius 2 is 2.19 bits per heavy atom. The fourth-order valence-electron chi connectivity index (χ4n) is 1.71. The summed E-state index contributed by atoms with van der Waals surface area (Å²) < 4.78 is 7.02. The number of hydrogen-bond donors (Lipinski definition) is 1. The van der Waals surface area contributed by atoms with Crippen LogP contribution < -0.4 is 10.1 Å². The number of anilines is 1. The molecule has 1 aromatic carbocycles. The van der Waals surface area contributed by atoms with Crippen LogP contribution >= 0.6 is 31.9 Å². The number of carbonyl (C=O) groups is 1. The molecule has 1 aromatic heterocycles. The fourth-order valence-corrected chi connectivity index (χ4v) is 3.13. The molecule has 0 saturated heterocycles. The van der Waals surface area contributed by atoms with Crippen molar-refractivity contribution in [1.82, 2.24) is 4.98 Å². The number of nitrogens with one attached hydrogen (secondary N) is 1. The van der Waals surface area contributed by atoms with Gasteiger partial charge < -0.3 is 10.1 Å². The highest BCUT2D eigenvalue weighted by atomic mass is 79.9. The molecule has 0 radical (unpaired) electrons. The molecule has 2 aromatic rings. The van der Waals surface area contributed by atoms with E-state index in [1.54, 1.807) is 37.7 Å². The summed E-state index contributed by atoms with van der Waals surface area (Å²) in [4.78, 5) is 15.8. The maximum atomic E-state index is 11.9. The minimum atomic E-state index is -0.235. The third-order valence-corrected chi connectivity index (χ3v) is 3.63. The molecule has 2 rings (SSSR count). The van der Waals surface area contributed by atoms with Gasteiger partial charge in [-0.3, -0.25) is 9.78 Å². The van der Waals surface area contributed by atoms with E-state index in [4.69, 9.17) is 4.74 Å². The smallest absolute Gasteiger partial charge is 0.248 e. The molecule has 0 saturated carbocycles. The maximum absolute atomic E-state index is 11.9. The Morgan fingerprint density at radius 1 is 1.38 bits per heavy atom. The number of ether oxygens (including phenoxy) is 1. The molecular weight excluding hydrogens is 400 g/mol. The largest absolute Gasteiger partial charge is 0.495 e. The van der Waals surface area contributed by atoms with Crippen molar-refractivity contribution in [3.8, 4) is 5.75 Å². The van der Waals surface area contributed by atoms with Crippen molar-refractivity contribution in [2.75, 3.05) is 12.4 Å². The third-order valence-electron chi connectivity index (χ3n) is 2.58. The molecule has 6 heteroatoms. The van der Waals surface area contributed by atoms with Gasteiger partial charge in [-0.05, 0) is 46.3 Å². The second kappa shape index (κ2) is 7.38. The molecule has 0 unspecified atom stereocenters. The number of nitrogens with zero attached hydrogens (tertiary/aromatic N) is 1. The summed E-state index contributed by atoms with van der Waals surface area (Å²) in [6.07, 6.45) is 6.38. The summed E-state index contributed by atoms with van der Waals surface area (Å²) in [5.74, 6) is 0.435. The van der Waals surface area contributed by atoms with E-state index in [9.17, 15) is 4.79 Å². The second-order valence-electron chi connectivity index (χ2n) is 4.07. The van der Waals surface area contributed by atoms with Crippen molar-refractivity contribution < 1.29 is 9.53 Å². The van der Waals surface area contributed by atoms with Crippen LogP contribution in [0.3, 0.4) is 0 Å². The quantitative estimate of drug-likeness (QED) is 0.764. The molecule has 1 amide bonds. The van der Waals surface area contributed by atoms with E-state index in [-0.39, 0.29) is 5.91 Å². The van der Waals surface area contributed by atoms with Crippen LogP contribution in [-0.2, 0) is 4.79 Å². The van der Waals surface area contributed by atoms with Gasteiger partial charge in [0, 0.05) is 22.3 Å². The highest BCUT2D eigenvalue weighted by Gasteiger charge is 2.07. The Morgan fingerprint density at radius 3 is 2.86 bits per heavy atom. The number of aromatic nitrogens is 1. The lowest BCUT2D eigenvalue weighted by Crippen LogP contribution is -2.07. The summed E-state index contributed by atoms with van der Waals surface area (Å²) in [5, 5.41) is 2.73. The van der Waals surface area contributed by atoms with Crippen LogP contribution in [0, 0.1) is 0 Å². The summed E-state index contributed by atoms with van der Waals surface area (Å²) in [7, 11) is 1.58. The lowest BCUT2D eigenvalue weighted by Gasteiger charge is -2.08. The third kappa shape index (κ3) is 4.41. The van der Waals surface area contributed by atoms with E-state index < -0.39 is 0 Å². The van der Waals surface area contributed by atoms with Crippen LogP contribution in [0.1, 0.15) is 5.56 Å². The van der Waals surface area contributed by atoms with Crippen LogP contribution in [0.25, 0.3) is 6.08 Å². The summed E-state index contributed by atoms with van der Waals surface area (Å²) in [5.41, 5.74) is 1.44. The highest BCUT2D eigenvalue weighted by molar-refractivity contribution is 9.11. The van der Waals surface area contributed by atoms with Crippen LogP contribution in [0.2, 0.25) is 0 Å². The van der Waals surface area contributed by atoms with Gasteiger partial charge in [-0.15, -0.1) is 0 Å². The Bertz CT molecular complexity index is 673. The molecule has 0 aliphatic carbocycles. The van der Waals surface area contributed by atoms with Crippen molar-refractivity contribution in [2.45, 2.75) is 0 Å². The number of pyridine rings is 1. The zero-order valence-electron chi connectivity index (χ0n) is 11.1. The van der Waals surface area contributed by atoms with E-state index in [2.05, 4.69) is 42.2 Å². The molecule has 21 heavy (non-hydrogen) atoms. The van der Waals surface area contributed by atoms with Crippen molar-refractivity contribution in [1.29, 1.82) is 0 Å². The first-order valence-electron chi connectivity index (χ1n) is 6.02. The van der Waals surface area contributed by atoms with Gasteiger partial charge in [-0.25, -0.2) is 0 Å². The monoisotopic (exact) mass is 410 g/mol. The van der Waals surface area contributed by atoms with E-state index >= 15 is 0 Å². The Labute approximate surface area is 139 Å². The average molecular weight is 412 g/mol. The minimum absolute atomic E-state index is 0.235. The summed E-state index contributed by atoms with van der Waals surface area (Å²) >= 11 is 6.83. The first-order valence-corrected chi connectivity index (χ1v) is 7.61. The first-order chi connectivity index (χ1) is 10.1. The Balaban J connectivity index is 2.16. The highest BCUT2D eigenvalue weighted by Crippen LogP contribution is 2.33. The van der Waals surface area contributed by atoms with Crippen LogP contribution in [-0.4, -0.2) is 18.0 Å². The molecule has 4 nitrogen and oxygen atoms in total. The van der Waals surface area contributed by atoms with E-state index in [0.717, 1.165) is 14.5 Å². The van der Waals surface area contributed by atoms with Gasteiger partial charge in [0.2, 0.25) is 5.91 Å². The zero-order chi connectivity index (χ0) is 15.2. The van der Waals surface area contributed by atoms with E-state index in [0.29, 0.717) is 11.4 Å². The number of halogens is 2. The fraction of sp³-hybridized carbons (Fsp3) is 0.0667. The molecule has 0 spiro atoms. The number of benzene rings is 1. The van der Waals surface area contributed by atoms with Gasteiger partial charge >= 0.3 is 0 Å². The molecular formula is C15H12Br2N2O2. The maximum Gasteiger partial charge on any atom is 0.248 e. The molecule has 0 aliphatic heterocycles. The van der Waals surface area contributed by atoms with Gasteiger partial charge in [0.15, 0.2) is 0 Å². The van der Waals surface area contributed by atoms with Crippen LogP contribution in [0.4, 0.5) is 5.69 Å². The predicted molar refractivity (Wildman–Crippen MR) is 90.3 cm³/mol. The van der Waals surface area contributed by atoms with E-state index in [1.807, 2.05) is 12.1 Å². The predicted octanol–water partition coefficient (Wildman–Crippen LogP) is 4.27. The van der Waals surface area contributed by atoms with Crippen LogP contribution in [0.15, 0.2) is 51.7 Å². The summed E-state index contributed by atoms with van der Waals surface area (Å²) in [6.45, 7) is 0. The molecule has 1 heterocycles. The van der Waals surface area contributed by atoms with Gasteiger partial charge in [0.25, 0.3) is 0 Å². The molecule has 0 aliphatic rings. The molecule has 1 N–H and O–H groups in total. The standard InChI is InChI=1S/C15H12Br2N2O2/c1-21-15-10(7-11(16)8-13(15)17)4-5-14(20)19-12-3-2-6-18-9-12/h2-9H,1H3,(H,19,20)/b5-4+. The topological polar surface area (TPSA) is 51.2 Å².